The molecule has 1 unspecified atom stereocenters. The van der Waals surface area contributed by atoms with E-state index in [0.717, 1.165) is 11.1 Å². The molecule has 0 saturated carbocycles. The van der Waals surface area contributed by atoms with Crippen molar-refractivity contribution in [2.75, 3.05) is 0 Å². The van der Waals surface area contributed by atoms with Crippen molar-refractivity contribution in [3.05, 3.63) is 54.0 Å². The Balaban J connectivity index is 1.95. The summed E-state index contributed by atoms with van der Waals surface area (Å²) in [5, 5.41) is 12.9. The van der Waals surface area contributed by atoms with Crippen LogP contribution in [0.1, 0.15) is 24.1 Å². The SMILES string of the molecule is CC(NCc1ccccc1O)c1ccoc1. The van der Waals surface area contributed by atoms with Crippen LogP contribution >= 0.6 is 0 Å². The fraction of sp³-hybridized carbons (Fsp3) is 0.231. The number of phenolic OH excluding ortho intramolecular Hbond substituents is 1. The Morgan fingerprint density at radius 1 is 1.31 bits per heavy atom. The van der Waals surface area contributed by atoms with Crippen molar-refractivity contribution < 1.29 is 9.52 Å². The molecule has 1 atom stereocenters. The zero-order chi connectivity index (χ0) is 11.4. The summed E-state index contributed by atoms with van der Waals surface area (Å²) in [7, 11) is 0. The number of aromatic hydroxyl groups is 1. The van der Waals surface area contributed by atoms with Gasteiger partial charge in [0, 0.05) is 23.7 Å². The summed E-state index contributed by atoms with van der Waals surface area (Å²) in [4.78, 5) is 0. The molecule has 0 aliphatic heterocycles. The summed E-state index contributed by atoms with van der Waals surface area (Å²) < 4.78 is 5.02. The maximum absolute atomic E-state index is 9.60. The normalized spacial score (nSPS) is 12.6. The lowest BCUT2D eigenvalue weighted by Gasteiger charge is -2.12. The van der Waals surface area contributed by atoms with Crippen LogP contribution in [0.5, 0.6) is 5.75 Å². The first-order valence-corrected chi connectivity index (χ1v) is 5.29. The van der Waals surface area contributed by atoms with Gasteiger partial charge < -0.3 is 14.8 Å². The highest BCUT2D eigenvalue weighted by Gasteiger charge is 2.06. The predicted molar refractivity (Wildman–Crippen MR) is 62.1 cm³/mol. The highest BCUT2D eigenvalue weighted by molar-refractivity contribution is 5.31. The topological polar surface area (TPSA) is 45.4 Å². The van der Waals surface area contributed by atoms with Crippen molar-refractivity contribution in [2.24, 2.45) is 0 Å². The molecule has 2 N–H and O–H groups in total. The minimum Gasteiger partial charge on any atom is -0.508 e. The highest BCUT2D eigenvalue weighted by atomic mass is 16.3. The standard InChI is InChI=1S/C13H15NO2/c1-10(12-6-7-16-9-12)14-8-11-4-2-3-5-13(11)15/h2-7,9-10,14-15H,8H2,1H3. The Morgan fingerprint density at radius 2 is 2.12 bits per heavy atom. The molecule has 0 aliphatic rings. The summed E-state index contributed by atoms with van der Waals surface area (Å²) in [5.41, 5.74) is 2.01. The Kier molecular flexibility index (Phi) is 3.27. The van der Waals surface area contributed by atoms with E-state index in [0.29, 0.717) is 12.3 Å². The van der Waals surface area contributed by atoms with E-state index in [9.17, 15) is 5.11 Å². The second-order valence-electron chi connectivity index (χ2n) is 3.79. The molecule has 0 aliphatic carbocycles. The van der Waals surface area contributed by atoms with Crippen LogP contribution in [0.25, 0.3) is 0 Å². The fourth-order valence-corrected chi connectivity index (χ4v) is 1.56. The molecule has 2 rings (SSSR count). The number of nitrogens with one attached hydrogen (secondary N) is 1. The quantitative estimate of drug-likeness (QED) is 0.827. The summed E-state index contributed by atoms with van der Waals surface area (Å²) in [6, 6.07) is 9.47. The van der Waals surface area contributed by atoms with E-state index in [2.05, 4.69) is 12.2 Å². The van der Waals surface area contributed by atoms with E-state index in [1.807, 2.05) is 24.3 Å². The number of benzene rings is 1. The molecular weight excluding hydrogens is 202 g/mol. The van der Waals surface area contributed by atoms with Crippen molar-refractivity contribution in [3.8, 4) is 5.75 Å². The van der Waals surface area contributed by atoms with Gasteiger partial charge in [0.15, 0.2) is 0 Å². The average Bonchev–Trinajstić information content (AvgIpc) is 2.81. The fourth-order valence-electron chi connectivity index (χ4n) is 1.56. The molecule has 1 aromatic heterocycles. The highest BCUT2D eigenvalue weighted by Crippen LogP contribution is 2.18. The van der Waals surface area contributed by atoms with Gasteiger partial charge in [0.05, 0.1) is 12.5 Å². The first-order valence-electron chi connectivity index (χ1n) is 5.29. The van der Waals surface area contributed by atoms with Gasteiger partial charge in [0.2, 0.25) is 0 Å². The zero-order valence-electron chi connectivity index (χ0n) is 9.18. The lowest BCUT2D eigenvalue weighted by Crippen LogP contribution is -2.17. The Bertz CT molecular complexity index is 437. The monoisotopic (exact) mass is 217 g/mol. The summed E-state index contributed by atoms with van der Waals surface area (Å²) in [6.45, 7) is 2.70. The van der Waals surface area contributed by atoms with Crippen molar-refractivity contribution in [1.29, 1.82) is 0 Å². The molecule has 0 spiro atoms. The lowest BCUT2D eigenvalue weighted by molar-refractivity contribution is 0.460. The Labute approximate surface area is 94.7 Å². The average molecular weight is 217 g/mol. The maximum atomic E-state index is 9.60. The first-order chi connectivity index (χ1) is 7.77. The molecule has 16 heavy (non-hydrogen) atoms. The number of furan rings is 1. The van der Waals surface area contributed by atoms with Crippen LogP contribution in [0.3, 0.4) is 0 Å². The molecular formula is C13H15NO2. The van der Waals surface area contributed by atoms with E-state index in [4.69, 9.17) is 4.42 Å². The zero-order valence-corrected chi connectivity index (χ0v) is 9.18. The summed E-state index contributed by atoms with van der Waals surface area (Å²) in [5.74, 6) is 0.328. The van der Waals surface area contributed by atoms with Gasteiger partial charge >= 0.3 is 0 Å². The van der Waals surface area contributed by atoms with Gasteiger partial charge in [0.1, 0.15) is 5.75 Å². The van der Waals surface area contributed by atoms with E-state index < -0.39 is 0 Å². The molecule has 3 heteroatoms. The van der Waals surface area contributed by atoms with Gasteiger partial charge in [-0.15, -0.1) is 0 Å². The van der Waals surface area contributed by atoms with E-state index >= 15 is 0 Å². The van der Waals surface area contributed by atoms with Crippen molar-refractivity contribution >= 4 is 0 Å². The van der Waals surface area contributed by atoms with Crippen LogP contribution in [0.2, 0.25) is 0 Å². The third kappa shape index (κ3) is 2.44. The van der Waals surface area contributed by atoms with Gasteiger partial charge in [-0.1, -0.05) is 18.2 Å². The Morgan fingerprint density at radius 3 is 2.81 bits per heavy atom. The van der Waals surface area contributed by atoms with E-state index in [1.165, 1.54) is 0 Å². The molecule has 0 radical (unpaired) electrons. The van der Waals surface area contributed by atoms with Crippen molar-refractivity contribution in [1.82, 2.24) is 5.32 Å². The molecule has 0 amide bonds. The second-order valence-corrected chi connectivity index (χ2v) is 3.79. The van der Waals surface area contributed by atoms with Gasteiger partial charge in [-0.05, 0) is 19.1 Å². The molecule has 3 nitrogen and oxygen atoms in total. The third-order valence-corrected chi connectivity index (χ3v) is 2.63. The van der Waals surface area contributed by atoms with Crippen LogP contribution < -0.4 is 5.32 Å². The summed E-state index contributed by atoms with van der Waals surface area (Å²) in [6.07, 6.45) is 3.38. The molecule has 1 heterocycles. The molecule has 1 aromatic carbocycles. The molecule has 0 bridgehead atoms. The number of hydrogen-bond donors (Lipinski definition) is 2. The van der Waals surface area contributed by atoms with Crippen molar-refractivity contribution in [3.63, 3.8) is 0 Å². The van der Waals surface area contributed by atoms with E-state index in [-0.39, 0.29) is 6.04 Å². The van der Waals surface area contributed by atoms with Crippen molar-refractivity contribution in [2.45, 2.75) is 19.5 Å². The molecule has 0 saturated heterocycles. The number of para-hydroxylation sites is 1. The number of rotatable bonds is 4. The first kappa shape index (κ1) is 10.8. The van der Waals surface area contributed by atoms with Crippen LogP contribution in [-0.4, -0.2) is 5.11 Å². The number of hydrogen-bond acceptors (Lipinski definition) is 3. The molecule has 84 valence electrons. The molecule has 0 fully saturated rings. The summed E-state index contributed by atoms with van der Waals surface area (Å²) >= 11 is 0. The smallest absolute Gasteiger partial charge is 0.120 e. The Hall–Kier alpha value is -1.74. The van der Waals surface area contributed by atoms with Crippen LogP contribution in [0.15, 0.2) is 47.3 Å². The third-order valence-electron chi connectivity index (χ3n) is 2.63. The largest absolute Gasteiger partial charge is 0.508 e. The minimum atomic E-state index is 0.207. The lowest BCUT2D eigenvalue weighted by atomic mass is 10.1. The predicted octanol–water partition coefficient (Wildman–Crippen LogP) is 2.84. The van der Waals surface area contributed by atoms with Crippen LogP contribution in [0, 0.1) is 0 Å². The van der Waals surface area contributed by atoms with Gasteiger partial charge in [-0.25, -0.2) is 0 Å². The van der Waals surface area contributed by atoms with Gasteiger partial charge in [0.25, 0.3) is 0 Å². The maximum Gasteiger partial charge on any atom is 0.120 e. The second kappa shape index (κ2) is 4.86. The number of phenols is 1. The van der Waals surface area contributed by atoms with Crippen LogP contribution in [-0.2, 0) is 6.54 Å². The van der Waals surface area contributed by atoms with Crippen LogP contribution in [0.4, 0.5) is 0 Å². The van der Waals surface area contributed by atoms with Gasteiger partial charge in [-0.2, -0.15) is 0 Å². The molecule has 2 aromatic rings. The van der Waals surface area contributed by atoms with E-state index in [1.54, 1.807) is 18.6 Å². The van der Waals surface area contributed by atoms with Gasteiger partial charge in [-0.3, -0.25) is 0 Å². The minimum absolute atomic E-state index is 0.207.